The Morgan fingerprint density at radius 2 is 2.10 bits per heavy atom. The molecule has 0 spiro atoms. The van der Waals surface area contributed by atoms with E-state index < -0.39 is 16.1 Å². The van der Waals surface area contributed by atoms with Crippen LogP contribution >= 0.6 is 0 Å². The second-order valence-corrected chi connectivity index (χ2v) is 6.29. The van der Waals surface area contributed by atoms with Gasteiger partial charge in [0.1, 0.15) is 12.2 Å². The van der Waals surface area contributed by atoms with E-state index in [0.29, 0.717) is 11.5 Å². The molecule has 2 aromatic heterocycles. The summed E-state index contributed by atoms with van der Waals surface area (Å²) in [5.74, 6) is 0.520. The molecule has 2 heterocycles. The largest absolute Gasteiger partial charge is 0.390 e. The van der Waals surface area contributed by atoms with Crippen molar-refractivity contribution < 1.29 is 13.5 Å². The molecule has 8 nitrogen and oxygen atoms in total. The van der Waals surface area contributed by atoms with Gasteiger partial charge in [0, 0.05) is 26.0 Å². The van der Waals surface area contributed by atoms with Crippen LogP contribution in [0.2, 0.25) is 0 Å². The molecule has 0 saturated carbocycles. The highest BCUT2D eigenvalue weighted by molar-refractivity contribution is 7.89. The van der Waals surface area contributed by atoms with E-state index in [4.69, 9.17) is 5.11 Å². The first-order chi connectivity index (χ1) is 9.35. The molecule has 0 fully saturated rings. The first-order valence-electron chi connectivity index (χ1n) is 5.97. The van der Waals surface area contributed by atoms with E-state index in [-0.39, 0.29) is 11.5 Å². The third-order valence-electron chi connectivity index (χ3n) is 3.02. The molecule has 0 bridgehead atoms. The molecule has 1 unspecified atom stereocenters. The Morgan fingerprint density at radius 3 is 2.60 bits per heavy atom. The van der Waals surface area contributed by atoms with E-state index in [0.717, 1.165) is 0 Å². The third-order valence-corrected chi connectivity index (χ3v) is 4.53. The van der Waals surface area contributed by atoms with Crippen molar-refractivity contribution in [1.82, 2.24) is 24.1 Å². The van der Waals surface area contributed by atoms with E-state index in [2.05, 4.69) is 14.9 Å². The van der Waals surface area contributed by atoms with Crippen LogP contribution in [0.3, 0.4) is 0 Å². The summed E-state index contributed by atoms with van der Waals surface area (Å²) < 4.78 is 30.3. The van der Waals surface area contributed by atoms with Crippen molar-refractivity contribution in [3.05, 3.63) is 30.1 Å². The lowest BCUT2D eigenvalue weighted by Crippen LogP contribution is -2.28. The predicted octanol–water partition coefficient (Wildman–Crippen LogP) is -0.315. The number of sulfonamides is 1. The summed E-state index contributed by atoms with van der Waals surface area (Å²) in [6.45, 7) is 1.47. The lowest BCUT2D eigenvalue weighted by molar-refractivity contribution is 0.272. The number of rotatable bonds is 5. The highest BCUT2D eigenvalue weighted by atomic mass is 32.2. The average Bonchev–Trinajstić information content (AvgIpc) is 2.94. The fourth-order valence-electron chi connectivity index (χ4n) is 1.92. The van der Waals surface area contributed by atoms with Gasteiger partial charge >= 0.3 is 0 Å². The average molecular weight is 299 g/mol. The van der Waals surface area contributed by atoms with E-state index in [1.165, 1.54) is 18.6 Å². The molecule has 0 saturated heterocycles. The number of nitrogens with zero attached hydrogens (tertiary/aromatic N) is 4. The molecular weight excluding hydrogens is 282 g/mol. The smallest absolute Gasteiger partial charge is 0.242 e. The van der Waals surface area contributed by atoms with Crippen LogP contribution in [0, 0.1) is 0 Å². The molecule has 9 heteroatoms. The zero-order chi connectivity index (χ0) is 14.9. The fraction of sp³-hybridized carbons (Fsp3) is 0.455. The zero-order valence-corrected chi connectivity index (χ0v) is 12.3. The van der Waals surface area contributed by atoms with Crippen LogP contribution in [0.15, 0.2) is 23.5 Å². The van der Waals surface area contributed by atoms with Crippen LogP contribution in [0.4, 0.5) is 0 Å². The van der Waals surface area contributed by atoms with Crippen LogP contribution in [0.1, 0.15) is 24.5 Å². The molecule has 0 amide bonds. The summed E-state index contributed by atoms with van der Waals surface area (Å²) in [6.07, 6.45) is 2.96. The molecule has 0 radical (unpaired) electrons. The molecule has 0 aromatic carbocycles. The maximum absolute atomic E-state index is 12.3. The highest BCUT2D eigenvalue weighted by Gasteiger charge is 2.22. The van der Waals surface area contributed by atoms with Crippen molar-refractivity contribution in [2.24, 2.45) is 14.1 Å². The van der Waals surface area contributed by atoms with Crippen LogP contribution in [-0.2, 0) is 30.7 Å². The van der Waals surface area contributed by atoms with Gasteiger partial charge in [-0.1, -0.05) is 0 Å². The summed E-state index contributed by atoms with van der Waals surface area (Å²) in [5.41, 5.74) is 0.525. The molecule has 1 atom stereocenters. The minimum atomic E-state index is -3.68. The van der Waals surface area contributed by atoms with Crippen LogP contribution in [0.5, 0.6) is 0 Å². The number of hydrogen-bond donors (Lipinski definition) is 2. The van der Waals surface area contributed by atoms with Crippen LogP contribution in [0.25, 0.3) is 0 Å². The monoisotopic (exact) mass is 299 g/mol. The van der Waals surface area contributed by atoms with Crippen molar-refractivity contribution in [3.63, 3.8) is 0 Å². The van der Waals surface area contributed by atoms with Gasteiger partial charge in [-0.05, 0) is 13.0 Å². The second kappa shape index (κ2) is 5.35. The number of nitrogens with one attached hydrogen (secondary N) is 1. The molecule has 0 aliphatic carbocycles. The molecule has 0 aliphatic rings. The highest BCUT2D eigenvalue weighted by Crippen LogP contribution is 2.17. The molecule has 2 aromatic rings. The van der Waals surface area contributed by atoms with Gasteiger partial charge in [-0.2, -0.15) is 0 Å². The van der Waals surface area contributed by atoms with Gasteiger partial charge in [0.25, 0.3) is 0 Å². The Labute approximate surface area is 117 Å². The number of hydrogen-bond acceptors (Lipinski definition) is 5. The van der Waals surface area contributed by atoms with Crippen molar-refractivity contribution in [1.29, 1.82) is 0 Å². The van der Waals surface area contributed by atoms with Crippen molar-refractivity contribution in [2.45, 2.75) is 24.5 Å². The first-order valence-corrected chi connectivity index (χ1v) is 7.46. The van der Waals surface area contributed by atoms with E-state index in [1.807, 2.05) is 0 Å². The Balaban J connectivity index is 2.25. The Hall–Kier alpha value is -1.71. The molecule has 20 heavy (non-hydrogen) atoms. The Kier molecular flexibility index (Phi) is 3.93. The lowest BCUT2D eigenvalue weighted by atomic mass is 10.3. The van der Waals surface area contributed by atoms with E-state index in [9.17, 15) is 8.42 Å². The maximum Gasteiger partial charge on any atom is 0.242 e. The first kappa shape index (κ1) is 14.7. The third kappa shape index (κ3) is 2.74. The van der Waals surface area contributed by atoms with E-state index in [1.54, 1.807) is 30.2 Å². The summed E-state index contributed by atoms with van der Waals surface area (Å²) in [4.78, 5) is 0.109. The van der Waals surface area contributed by atoms with Gasteiger partial charge < -0.3 is 14.2 Å². The Bertz CT molecular complexity index is 703. The summed E-state index contributed by atoms with van der Waals surface area (Å²) in [7, 11) is -0.257. The van der Waals surface area contributed by atoms with Gasteiger partial charge in [0.2, 0.25) is 10.0 Å². The van der Waals surface area contributed by atoms with Gasteiger partial charge in [0.15, 0.2) is 0 Å². The van der Waals surface area contributed by atoms with Crippen molar-refractivity contribution in [2.75, 3.05) is 0 Å². The number of aryl methyl sites for hydroxylation is 2. The molecule has 110 valence electrons. The number of aliphatic hydroxyl groups is 1. The zero-order valence-electron chi connectivity index (χ0n) is 11.5. The molecular formula is C11H17N5O3S. The van der Waals surface area contributed by atoms with Gasteiger partial charge in [0.05, 0.1) is 17.5 Å². The molecule has 0 aliphatic heterocycles. The summed E-state index contributed by atoms with van der Waals surface area (Å²) in [6, 6.07) is 0.927. The minimum Gasteiger partial charge on any atom is -0.390 e. The van der Waals surface area contributed by atoms with Crippen LogP contribution in [-0.4, -0.2) is 32.9 Å². The topological polar surface area (TPSA) is 102 Å². The van der Waals surface area contributed by atoms with Gasteiger partial charge in [-0.3, -0.25) is 0 Å². The minimum absolute atomic E-state index is 0.109. The molecule has 2 rings (SSSR count). The maximum atomic E-state index is 12.3. The van der Waals surface area contributed by atoms with Gasteiger partial charge in [-0.25, -0.2) is 13.1 Å². The van der Waals surface area contributed by atoms with E-state index >= 15 is 0 Å². The van der Waals surface area contributed by atoms with Crippen molar-refractivity contribution >= 4 is 10.0 Å². The number of aliphatic hydroxyl groups excluding tert-OH is 1. The van der Waals surface area contributed by atoms with Crippen molar-refractivity contribution in [3.8, 4) is 0 Å². The van der Waals surface area contributed by atoms with Gasteiger partial charge in [-0.15, -0.1) is 10.2 Å². The predicted molar refractivity (Wildman–Crippen MR) is 71.1 cm³/mol. The summed E-state index contributed by atoms with van der Waals surface area (Å²) in [5, 5.41) is 16.7. The Morgan fingerprint density at radius 1 is 1.40 bits per heavy atom. The molecule has 2 N–H and O–H groups in total. The van der Waals surface area contributed by atoms with Crippen LogP contribution < -0.4 is 4.72 Å². The standard InChI is InChI=1S/C11H17N5O3S/c1-8(11-13-12-7-16(11)3)14-20(18,19)10-4-9(6-17)15(2)5-10/h4-5,7-8,14,17H,6H2,1-3H3. The number of aromatic nitrogens is 4. The lowest BCUT2D eigenvalue weighted by Gasteiger charge is -2.12. The fourth-order valence-corrected chi connectivity index (χ4v) is 3.21. The second-order valence-electron chi connectivity index (χ2n) is 4.58. The SMILES string of the molecule is CC(NS(=O)(=O)c1cc(CO)n(C)c1)c1nncn1C. The quantitative estimate of drug-likeness (QED) is 0.788. The normalized spacial score (nSPS) is 13.6. The summed E-state index contributed by atoms with van der Waals surface area (Å²) >= 11 is 0.